The van der Waals surface area contributed by atoms with Crippen molar-refractivity contribution in [1.82, 2.24) is 29.6 Å². The summed E-state index contributed by atoms with van der Waals surface area (Å²) in [6.07, 6.45) is 3.28. The van der Waals surface area contributed by atoms with Crippen molar-refractivity contribution in [1.29, 1.82) is 0 Å². The van der Waals surface area contributed by atoms with Crippen LogP contribution < -0.4 is 5.32 Å². The summed E-state index contributed by atoms with van der Waals surface area (Å²) in [5.41, 5.74) is 1.51. The number of hydrogen-bond acceptors (Lipinski definition) is 9. The molecule has 0 unspecified atom stereocenters. The first kappa shape index (κ1) is 37.4. The minimum absolute atomic E-state index is 0.0199. The molecule has 1 aliphatic heterocycles. The van der Waals surface area contributed by atoms with Gasteiger partial charge in [0.1, 0.15) is 6.04 Å². The van der Waals surface area contributed by atoms with Gasteiger partial charge in [-0.1, -0.05) is 82.2 Å². The van der Waals surface area contributed by atoms with Crippen LogP contribution in [-0.4, -0.2) is 106 Å². The van der Waals surface area contributed by atoms with Gasteiger partial charge in [-0.2, -0.15) is 14.5 Å². The molecule has 264 valence electrons. The molecule has 13 nitrogen and oxygen atoms in total. The normalized spacial score (nSPS) is 16.0. The molecule has 0 radical (unpaired) electrons. The molecule has 1 fully saturated rings. The van der Waals surface area contributed by atoms with Crippen LogP contribution in [0.2, 0.25) is 0 Å². The maximum absolute atomic E-state index is 14.2. The number of rotatable bonds is 15. The van der Waals surface area contributed by atoms with Crippen molar-refractivity contribution in [2.45, 2.75) is 70.7 Å². The lowest BCUT2D eigenvalue weighted by Crippen LogP contribution is -2.59. The Morgan fingerprint density at radius 1 is 1.02 bits per heavy atom. The molecule has 0 aliphatic carbocycles. The molecule has 49 heavy (non-hydrogen) atoms. The van der Waals surface area contributed by atoms with Gasteiger partial charge in [0.15, 0.2) is 0 Å². The third-order valence-corrected chi connectivity index (χ3v) is 10.1. The summed E-state index contributed by atoms with van der Waals surface area (Å²) in [5.74, 6) is -0.505. The summed E-state index contributed by atoms with van der Waals surface area (Å²) < 4.78 is 29.0. The molecule has 0 bridgehead atoms. The first-order valence-electron chi connectivity index (χ1n) is 16.3. The quantitative estimate of drug-likeness (QED) is 0.124. The summed E-state index contributed by atoms with van der Waals surface area (Å²) in [5, 5.41) is 34.3. The van der Waals surface area contributed by atoms with E-state index in [4.69, 9.17) is 5.21 Å². The molecule has 14 heteroatoms. The molecule has 1 aliphatic rings. The van der Waals surface area contributed by atoms with Crippen LogP contribution in [0.15, 0.2) is 83.1 Å². The summed E-state index contributed by atoms with van der Waals surface area (Å²) in [6.45, 7) is 10.4. The number of urea groups is 1. The zero-order chi connectivity index (χ0) is 35.8. The zero-order valence-corrected chi connectivity index (χ0v) is 29.5. The number of carbonyl (C=O) groups excluding carboxylic acids is 2. The summed E-state index contributed by atoms with van der Waals surface area (Å²) in [7, 11) is -4.06. The smallest absolute Gasteiger partial charge is 0.321 e. The number of aliphatic hydroxyl groups is 1. The van der Waals surface area contributed by atoms with E-state index in [9.17, 15) is 23.1 Å². The number of amides is 3. The van der Waals surface area contributed by atoms with Gasteiger partial charge in [0, 0.05) is 38.9 Å². The lowest BCUT2D eigenvalue weighted by atomic mass is 9.84. The minimum atomic E-state index is -4.06. The first-order valence-corrected chi connectivity index (χ1v) is 17.8. The van der Waals surface area contributed by atoms with E-state index in [-0.39, 0.29) is 36.4 Å². The number of aromatic nitrogens is 2. The van der Waals surface area contributed by atoms with E-state index in [1.807, 2.05) is 65.0 Å². The van der Waals surface area contributed by atoms with Crippen LogP contribution >= 0.6 is 0 Å². The Balaban J connectivity index is 1.60. The molecule has 3 N–H and O–H groups in total. The van der Waals surface area contributed by atoms with Crippen LogP contribution in [0.3, 0.4) is 0 Å². The van der Waals surface area contributed by atoms with E-state index in [1.165, 1.54) is 34.8 Å². The minimum Gasteiger partial charge on any atom is -0.411 e. The molecule has 4 rings (SSSR count). The predicted octanol–water partition coefficient (Wildman–Crippen LogP) is 3.37. The van der Waals surface area contributed by atoms with Crippen LogP contribution in [0.1, 0.15) is 51.3 Å². The Morgan fingerprint density at radius 3 is 2.31 bits per heavy atom. The average Bonchev–Trinajstić information content (AvgIpc) is 3.39. The van der Waals surface area contributed by atoms with Gasteiger partial charge in [0.05, 0.1) is 29.5 Å². The maximum Gasteiger partial charge on any atom is 0.321 e. The molecule has 1 saturated heterocycles. The van der Waals surface area contributed by atoms with Crippen LogP contribution in [-0.2, 0) is 27.8 Å². The van der Waals surface area contributed by atoms with Crippen LogP contribution in [0.4, 0.5) is 4.79 Å². The van der Waals surface area contributed by atoms with Gasteiger partial charge < -0.3 is 25.4 Å². The second-order valence-corrected chi connectivity index (χ2v) is 15.8. The third kappa shape index (κ3) is 9.83. The van der Waals surface area contributed by atoms with Gasteiger partial charge in [-0.25, -0.2) is 13.2 Å². The largest absolute Gasteiger partial charge is 0.411 e. The van der Waals surface area contributed by atoms with E-state index in [2.05, 4.69) is 20.7 Å². The lowest BCUT2D eigenvalue weighted by molar-refractivity contribution is -0.130. The second-order valence-electron chi connectivity index (χ2n) is 13.8. The van der Waals surface area contributed by atoms with Crippen molar-refractivity contribution >= 4 is 28.2 Å². The molecule has 3 aromatic rings. The third-order valence-electron chi connectivity index (χ3n) is 8.30. The van der Waals surface area contributed by atoms with Crippen molar-refractivity contribution in [3.63, 3.8) is 0 Å². The maximum atomic E-state index is 14.2. The Hall–Kier alpha value is -4.40. The number of benzene rings is 2. The Kier molecular flexibility index (Phi) is 12.5. The predicted molar refractivity (Wildman–Crippen MR) is 185 cm³/mol. The van der Waals surface area contributed by atoms with E-state index >= 15 is 0 Å². The van der Waals surface area contributed by atoms with Crippen molar-refractivity contribution in [3.05, 3.63) is 89.7 Å². The van der Waals surface area contributed by atoms with Gasteiger partial charge >= 0.3 is 6.03 Å². The lowest BCUT2D eigenvalue weighted by Gasteiger charge is -2.38. The molecule has 0 spiro atoms. The number of hydrogen-bond donors (Lipinski definition) is 3. The number of sulfonamides is 1. The highest BCUT2D eigenvalue weighted by Crippen LogP contribution is 2.29. The van der Waals surface area contributed by atoms with Gasteiger partial charge in [-0.05, 0) is 52.6 Å². The highest BCUT2D eigenvalue weighted by atomic mass is 32.2. The number of aliphatic hydroxyl groups excluding tert-OH is 1. The Morgan fingerprint density at radius 2 is 1.71 bits per heavy atom. The molecule has 2 heterocycles. The average molecular weight is 694 g/mol. The number of nitrogens with zero attached hydrogens (tertiary/aromatic N) is 6. The summed E-state index contributed by atoms with van der Waals surface area (Å²) in [6, 6.07) is 15.0. The SMILES string of the molecule is CC(C)CN(C[C@@H](O)[C@H](Cc1ccccc1)NC(=O)[C@@H](N1CCN(Cc2ccnnc2)C1=O)C(C)(C)C)S(=O)(=O)c1ccc(/C=N/O)cc1. The van der Waals surface area contributed by atoms with Crippen molar-refractivity contribution in [3.8, 4) is 0 Å². The molecule has 2 aromatic carbocycles. The Bertz CT molecular complexity index is 1670. The van der Waals surface area contributed by atoms with Crippen LogP contribution in [0, 0.1) is 11.3 Å². The number of nitrogens with one attached hydrogen (secondary N) is 1. The number of carbonyl (C=O) groups is 2. The molecular weight excluding hydrogens is 646 g/mol. The van der Waals surface area contributed by atoms with E-state index in [1.54, 1.807) is 28.3 Å². The molecule has 1 aromatic heterocycles. The monoisotopic (exact) mass is 693 g/mol. The first-order chi connectivity index (χ1) is 23.2. The summed E-state index contributed by atoms with van der Waals surface area (Å²) in [4.78, 5) is 31.2. The van der Waals surface area contributed by atoms with Crippen molar-refractivity contribution in [2.24, 2.45) is 16.5 Å². The fraction of sp³-hybridized carbons (Fsp3) is 0.457. The fourth-order valence-corrected chi connectivity index (χ4v) is 7.61. The van der Waals surface area contributed by atoms with Crippen molar-refractivity contribution < 1.29 is 28.3 Å². The highest BCUT2D eigenvalue weighted by molar-refractivity contribution is 7.89. The van der Waals surface area contributed by atoms with Crippen LogP contribution in [0.25, 0.3) is 0 Å². The van der Waals surface area contributed by atoms with Gasteiger partial charge in [0.25, 0.3) is 0 Å². The zero-order valence-electron chi connectivity index (χ0n) is 28.7. The molecule has 3 atom stereocenters. The van der Waals surface area contributed by atoms with E-state index in [0.29, 0.717) is 25.2 Å². The summed E-state index contributed by atoms with van der Waals surface area (Å²) >= 11 is 0. The second kappa shape index (κ2) is 16.3. The van der Waals surface area contributed by atoms with Crippen molar-refractivity contribution in [2.75, 3.05) is 26.2 Å². The molecule has 3 amide bonds. The number of oxime groups is 1. The van der Waals surface area contributed by atoms with E-state index < -0.39 is 39.5 Å². The van der Waals surface area contributed by atoms with E-state index in [0.717, 1.165) is 11.1 Å². The van der Waals surface area contributed by atoms with Gasteiger partial charge in [-0.3, -0.25) is 4.79 Å². The Labute approximate surface area is 288 Å². The molecule has 0 saturated carbocycles. The molecular formula is C35H47N7O6S. The fourth-order valence-electron chi connectivity index (χ4n) is 5.99. The van der Waals surface area contributed by atoms with Gasteiger partial charge in [-0.15, -0.1) is 0 Å². The topological polar surface area (TPSA) is 169 Å². The standard InChI is InChI=1S/C35H47N7O6S/c1-25(2)22-41(49(47,48)29-13-11-27(12-14-29)21-38-46)24-31(43)30(19-26-9-7-6-8-10-26)39-33(44)32(35(3,4)5)42-18-17-40(34(42)45)23-28-15-16-36-37-20-28/h6-16,20-21,25,30-32,43,46H,17-19,22-24H2,1-5H3,(H,39,44)/b38-21+/t30-,31+,32+/m0/s1. The van der Waals surface area contributed by atoms with Crippen LogP contribution in [0.5, 0.6) is 0 Å². The van der Waals surface area contributed by atoms with Gasteiger partial charge in [0.2, 0.25) is 15.9 Å². The highest BCUT2D eigenvalue weighted by Gasteiger charge is 2.44.